The Labute approximate surface area is 211 Å². The summed E-state index contributed by atoms with van der Waals surface area (Å²) < 4.78 is 9.90. The Kier molecular flexibility index (Phi) is 4.91. The van der Waals surface area contributed by atoms with Gasteiger partial charge in [0.25, 0.3) is 5.56 Å². The number of phenolic OH excluding ortho intramolecular Hbond substituents is 2. The Morgan fingerprint density at radius 2 is 1.65 bits per heavy atom. The minimum atomic E-state index is -0.636. The number of nitrogens with one attached hydrogen (secondary N) is 1. The maximum Gasteiger partial charge on any atom is 0.331 e. The van der Waals surface area contributed by atoms with E-state index in [-0.39, 0.29) is 11.5 Å². The van der Waals surface area contributed by atoms with Crippen LogP contribution in [0.4, 0.5) is 5.69 Å². The molecule has 37 heavy (non-hydrogen) atoms. The fourth-order valence-electron chi connectivity index (χ4n) is 5.25. The molecule has 3 N–H and O–H groups in total. The van der Waals surface area contributed by atoms with Crippen LogP contribution in [0.5, 0.6) is 17.2 Å². The van der Waals surface area contributed by atoms with E-state index >= 15 is 0 Å². The van der Waals surface area contributed by atoms with Crippen molar-refractivity contribution in [3.8, 4) is 34.2 Å². The zero-order valence-electron chi connectivity index (χ0n) is 20.4. The van der Waals surface area contributed by atoms with Gasteiger partial charge >= 0.3 is 5.69 Å². The highest BCUT2D eigenvalue weighted by Gasteiger charge is 2.35. The largest absolute Gasteiger partial charge is 0.508 e. The molecule has 0 amide bonds. The number of methoxy groups -OCH3 is 1. The number of phenols is 2. The topological polar surface area (TPSA) is 111 Å². The summed E-state index contributed by atoms with van der Waals surface area (Å²) in [6.45, 7) is 0. The zero-order chi connectivity index (χ0) is 26.0. The van der Waals surface area contributed by atoms with E-state index in [1.165, 1.54) is 23.7 Å². The number of para-hydroxylation sites is 2. The average Bonchev–Trinajstić information content (AvgIpc) is 3.27. The molecule has 3 aromatic carbocycles. The van der Waals surface area contributed by atoms with Crippen molar-refractivity contribution in [3.63, 3.8) is 0 Å². The highest BCUT2D eigenvalue weighted by atomic mass is 16.5. The third kappa shape index (κ3) is 3.17. The first kappa shape index (κ1) is 22.5. The lowest BCUT2D eigenvalue weighted by atomic mass is 9.98. The zero-order valence-corrected chi connectivity index (χ0v) is 20.4. The fraction of sp³-hybridized carbons (Fsp3) is 0.143. The molecule has 1 aliphatic rings. The Balaban J connectivity index is 1.84. The van der Waals surface area contributed by atoms with Crippen molar-refractivity contribution in [1.29, 1.82) is 0 Å². The first-order valence-corrected chi connectivity index (χ1v) is 11.7. The molecular formula is C28H24N4O5. The summed E-state index contributed by atoms with van der Waals surface area (Å²) in [6, 6.07) is 18.8. The Hall–Kier alpha value is -4.92. The van der Waals surface area contributed by atoms with Crippen LogP contribution in [-0.2, 0) is 14.1 Å². The van der Waals surface area contributed by atoms with Gasteiger partial charge in [0.2, 0.25) is 0 Å². The number of rotatable bonds is 3. The summed E-state index contributed by atoms with van der Waals surface area (Å²) in [4.78, 5) is 26.8. The number of aryl methyl sites for hydroxylation is 1. The van der Waals surface area contributed by atoms with E-state index in [1.807, 2.05) is 53.1 Å². The molecule has 9 nitrogen and oxygen atoms in total. The van der Waals surface area contributed by atoms with Gasteiger partial charge in [0, 0.05) is 25.7 Å². The van der Waals surface area contributed by atoms with Gasteiger partial charge in [-0.15, -0.1) is 0 Å². The molecule has 5 aromatic rings. The van der Waals surface area contributed by atoms with Crippen molar-refractivity contribution >= 4 is 16.6 Å². The minimum Gasteiger partial charge on any atom is -0.508 e. The second kappa shape index (κ2) is 8.06. The van der Waals surface area contributed by atoms with Gasteiger partial charge in [0.1, 0.15) is 17.2 Å². The molecule has 9 heteroatoms. The average molecular weight is 497 g/mol. The van der Waals surface area contributed by atoms with Crippen LogP contribution in [0.2, 0.25) is 0 Å². The predicted octanol–water partition coefficient (Wildman–Crippen LogP) is 3.63. The molecule has 0 aliphatic carbocycles. The molecule has 0 saturated heterocycles. The molecule has 6 rings (SSSR count). The molecule has 186 valence electrons. The van der Waals surface area contributed by atoms with E-state index in [1.54, 1.807) is 20.2 Å². The first-order valence-electron chi connectivity index (χ1n) is 11.7. The molecular weight excluding hydrogens is 472 g/mol. The number of benzene rings is 3. The van der Waals surface area contributed by atoms with Crippen LogP contribution in [0.3, 0.4) is 0 Å². The van der Waals surface area contributed by atoms with E-state index in [9.17, 15) is 19.8 Å². The molecule has 0 radical (unpaired) electrons. The standard InChI is InChI=1S/C28H24N4O5/c1-30-25-22(27(35)31(2)28(30)36)24(15-8-11-17(37-3)12-9-15)32-20-7-5-4-6-19(20)29-23(26(25)32)18-13-10-16(33)14-21(18)34/h4-14,23,29,33-34H,1-3H3. The highest BCUT2D eigenvalue weighted by molar-refractivity contribution is 5.99. The minimum absolute atomic E-state index is 0.0714. The number of aromatic nitrogens is 3. The fourth-order valence-corrected chi connectivity index (χ4v) is 5.25. The van der Waals surface area contributed by atoms with Crippen LogP contribution in [0.15, 0.2) is 76.3 Å². The van der Waals surface area contributed by atoms with Crippen molar-refractivity contribution in [1.82, 2.24) is 13.7 Å². The van der Waals surface area contributed by atoms with Crippen molar-refractivity contribution in [2.75, 3.05) is 12.4 Å². The van der Waals surface area contributed by atoms with E-state index < -0.39 is 17.3 Å². The number of hydrogen-bond acceptors (Lipinski definition) is 6. The predicted molar refractivity (Wildman–Crippen MR) is 141 cm³/mol. The molecule has 2 aromatic heterocycles. The molecule has 1 aliphatic heterocycles. The van der Waals surface area contributed by atoms with Gasteiger partial charge in [-0.1, -0.05) is 12.1 Å². The molecule has 0 fully saturated rings. The van der Waals surface area contributed by atoms with Gasteiger partial charge in [-0.25, -0.2) is 4.79 Å². The smallest absolute Gasteiger partial charge is 0.331 e. The van der Waals surface area contributed by atoms with Crippen molar-refractivity contribution in [2.45, 2.75) is 6.04 Å². The molecule has 0 spiro atoms. The number of hydrogen-bond donors (Lipinski definition) is 3. The van der Waals surface area contributed by atoms with Crippen LogP contribution < -0.4 is 21.3 Å². The van der Waals surface area contributed by atoms with Crippen molar-refractivity contribution in [2.24, 2.45) is 14.1 Å². The number of nitrogens with zero attached hydrogens (tertiary/aromatic N) is 3. The van der Waals surface area contributed by atoms with Gasteiger partial charge in [-0.2, -0.15) is 0 Å². The number of anilines is 1. The Bertz CT molecular complexity index is 1830. The second-order valence-corrected chi connectivity index (χ2v) is 9.06. The van der Waals surface area contributed by atoms with E-state index in [4.69, 9.17) is 4.74 Å². The lowest BCUT2D eigenvalue weighted by Crippen LogP contribution is -2.37. The summed E-state index contributed by atoms with van der Waals surface area (Å²) >= 11 is 0. The molecule has 0 bridgehead atoms. The highest BCUT2D eigenvalue weighted by Crippen LogP contribution is 2.47. The number of aromatic hydroxyl groups is 2. The quantitative estimate of drug-likeness (QED) is 0.352. The summed E-state index contributed by atoms with van der Waals surface area (Å²) in [5, 5.41) is 24.6. The molecule has 1 unspecified atom stereocenters. The Morgan fingerprint density at radius 1 is 0.919 bits per heavy atom. The Morgan fingerprint density at radius 3 is 2.35 bits per heavy atom. The van der Waals surface area contributed by atoms with E-state index in [0.29, 0.717) is 33.6 Å². The lowest BCUT2D eigenvalue weighted by Gasteiger charge is -2.31. The third-order valence-corrected chi connectivity index (χ3v) is 7.02. The number of ether oxygens (including phenoxy) is 1. The lowest BCUT2D eigenvalue weighted by molar-refractivity contribution is 0.415. The molecule has 0 saturated carbocycles. The molecule has 1 atom stereocenters. The SMILES string of the molecule is COc1ccc(-c2c3c(=O)n(C)c(=O)n(C)c3c3n2-c2ccccc2NC3c2ccc(O)cc2O)cc1. The van der Waals surface area contributed by atoms with E-state index in [2.05, 4.69) is 5.32 Å². The van der Waals surface area contributed by atoms with Crippen LogP contribution in [0, 0.1) is 0 Å². The van der Waals surface area contributed by atoms with Crippen LogP contribution in [0.1, 0.15) is 17.3 Å². The van der Waals surface area contributed by atoms with Crippen LogP contribution >= 0.6 is 0 Å². The van der Waals surface area contributed by atoms with Gasteiger partial charge in [0.05, 0.1) is 46.8 Å². The monoisotopic (exact) mass is 496 g/mol. The summed E-state index contributed by atoms with van der Waals surface area (Å²) in [6.07, 6.45) is 0. The summed E-state index contributed by atoms with van der Waals surface area (Å²) in [5.74, 6) is 0.489. The van der Waals surface area contributed by atoms with Crippen molar-refractivity contribution < 1.29 is 14.9 Å². The second-order valence-electron chi connectivity index (χ2n) is 9.06. The van der Waals surface area contributed by atoms with Crippen molar-refractivity contribution in [3.05, 3.63) is 98.8 Å². The maximum atomic E-state index is 13.7. The van der Waals surface area contributed by atoms with Gasteiger partial charge < -0.3 is 24.8 Å². The third-order valence-electron chi connectivity index (χ3n) is 7.02. The summed E-state index contributed by atoms with van der Waals surface area (Å²) in [5.41, 5.74) is 3.66. The molecule has 3 heterocycles. The van der Waals surface area contributed by atoms with Gasteiger partial charge in [-0.05, 0) is 54.1 Å². The number of fused-ring (bicyclic) bond motifs is 5. The van der Waals surface area contributed by atoms with E-state index in [0.717, 1.165) is 21.5 Å². The maximum absolute atomic E-state index is 13.7. The van der Waals surface area contributed by atoms with Crippen LogP contribution in [-0.4, -0.2) is 31.0 Å². The van der Waals surface area contributed by atoms with Crippen LogP contribution in [0.25, 0.3) is 27.8 Å². The summed E-state index contributed by atoms with van der Waals surface area (Å²) in [7, 11) is 4.69. The normalized spacial score (nSPS) is 14.2. The van der Waals surface area contributed by atoms with Gasteiger partial charge in [-0.3, -0.25) is 13.9 Å². The first-order chi connectivity index (χ1) is 17.8. The van der Waals surface area contributed by atoms with Gasteiger partial charge in [0.15, 0.2) is 0 Å².